The third-order valence-electron chi connectivity index (χ3n) is 7.64. The molecule has 14 heteroatoms. The van der Waals surface area contributed by atoms with Crippen molar-refractivity contribution in [3.05, 3.63) is 39.6 Å². The van der Waals surface area contributed by atoms with E-state index in [-0.39, 0.29) is 29.4 Å². The van der Waals surface area contributed by atoms with Gasteiger partial charge in [-0.25, -0.2) is 4.39 Å². The van der Waals surface area contributed by atoms with E-state index < -0.39 is 92.3 Å². The van der Waals surface area contributed by atoms with E-state index in [1.54, 1.807) is 0 Å². The maximum absolute atomic E-state index is 15.6. The van der Waals surface area contributed by atoms with Gasteiger partial charge in [0.1, 0.15) is 22.8 Å². The number of hydrogen-bond donors (Lipinski definition) is 6. The van der Waals surface area contributed by atoms with Crippen molar-refractivity contribution in [3.63, 3.8) is 0 Å². The molecule has 2 amide bonds. The van der Waals surface area contributed by atoms with Crippen LogP contribution in [0.3, 0.4) is 0 Å². The number of anilines is 2. The van der Waals surface area contributed by atoms with Crippen LogP contribution in [-0.4, -0.2) is 93.9 Å². The molecular formula is C25H28BrFN4O8. The number of amides is 2. The number of rotatable bonds is 5. The summed E-state index contributed by atoms with van der Waals surface area (Å²) in [6.07, 6.45) is -0.234. The fraction of sp³-hybridized carbons (Fsp3) is 0.440. The Morgan fingerprint density at radius 2 is 1.79 bits per heavy atom. The first-order valence-corrected chi connectivity index (χ1v) is 13.0. The van der Waals surface area contributed by atoms with Crippen molar-refractivity contribution >= 4 is 50.7 Å². The monoisotopic (exact) mass is 610 g/mol. The van der Waals surface area contributed by atoms with Crippen LogP contribution >= 0.6 is 15.9 Å². The van der Waals surface area contributed by atoms with Gasteiger partial charge in [-0.1, -0.05) is 15.9 Å². The van der Waals surface area contributed by atoms with Gasteiger partial charge in [0, 0.05) is 25.6 Å². The predicted molar refractivity (Wildman–Crippen MR) is 140 cm³/mol. The molecule has 3 aliphatic carbocycles. The van der Waals surface area contributed by atoms with E-state index >= 15 is 4.39 Å². The summed E-state index contributed by atoms with van der Waals surface area (Å²) in [4.78, 5) is 54.1. The first kappa shape index (κ1) is 28.5. The molecule has 210 valence electrons. The predicted octanol–water partition coefficient (Wildman–Crippen LogP) is 0.659. The van der Waals surface area contributed by atoms with Gasteiger partial charge in [-0.2, -0.15) is 0 Å². The molecule has 4 rings (SSSR count). The molecule has 1 aromatic rings. The quantitative estimate of drug-likeness (QED) is 0.157. The zero-order valence-electron chi connectivity index (χ0n) is 21.5. The number of likely N-dealkylation sites (N-methyl/N-ethyl adjacent to an activating group) is 1. The number of aromatic hydroxyl groups is 1. The van der Waals surface area contributed by atoms with Crippen LogP contribution in [0.25, 0.3) is 0 Å². The minimum absolute atomic E-state index is 0.0805. The van der Waals surface area contributed by atoms with Crippen LogP contribution in [0, 0.1) is 17.7 Å². The lowest BCUT2D eigenvalue weighted by atomic mass is 9.58. The first-order valence-electron chi connectivity index (χ1n) is 11.9. The van der Waals surface area contributed by atoms with Gasteiger partial charge in [0.05, 0.1) is 22.6 Å². The summed E-state index contributed by atoms with van der Waals surface area (Å²) in [5, 5.41) is 46.8. The van der Waals surface area contributed by atoms with Crippen LogP contribution in [0.15, 0.2) is 22.7 Å². The highest BCUT2D eigenvalue weighted by molar-refractivity contribution is 9.09. The van der Waals surface area contributed by atoms with Crippen molar-refractivity contribution in [1.29, 1.82) is 0 Å². The van der Waals surface area contributed by atoms with E-state index in [9.17, 15) is 39.6 Å². The van der Waals surface area contributed by atoms with Crippen molar-refractivity contribution in [1.82, 2.24) is 4.90 Å². The number of allylic oxidation sites excluding steroid dienone is 1. The average molecular weight is 611 g/mol. The van der Waals surface area contributed by atoms with Crippen LogP contribution in [0.1, 0.15) is 22.3 Å². The lowest BCUT2D eigenvalue weighted by molar-refractivity contribution is -0.148. The molecule has 39 heavy (non-hydrogen) atoms. The number of nitrogens with two attached hydrogens (primary N) is 1. The standard InChI is InChI=1S/C25H28BrFN4O8/c1-30(2)17-9-5-8-6-10-18(31(3)4)21(35)14(24(28)38)23(37)25(10,39)22(36)12(8)19(33)13(9)20(34)16(15(17)27)29-11(32)7-26/h8,10,18,34-36,39H,5-7H2,1-4H3,(H2,28,38)(H,29,32)/t8?,10?,18-,25-/m0/s1. The minimum Gasteiger partial charge on any atom is -0.510 e. The van der Waals surface area contributed by atoms with Gasteiger partial charge in [0.25, 0.3) is 5.91 Å². The van der Waals surface area contributed by atoms with Crippen LogP contribution in [-0.2, 0) is 20.8 Å². The lowest BCUT2D eigenvalue weighted by Crippen LogP contribution is -2.63. The Bertz CT molecular complexity index is 1400. The maximum Gasteiger partial charge on any atom is 0.255 e. The number of carbonyl (C=O) groups excluding carboxylic acids is 4. The van der Waals surface area contributed by atoms with E-state index in [4.69, 9.17) is 5.73 Å². The Morgan fingerprint density at radius 1 is 1.18 bits per heavy atom. The fourth-order valence-electron chi connectivity index (χ4n) is 6.09. The number of Topliss-reactive ketones (excluding diaryl/α,β-unsaturated/α-hetero) is 2. The molecule has 0 heterocycles. The number of halogens is 2. The molecule has 0 radical (unpaired) electrons. The number of alkyl halides is 1. The van der Waals surface area contributed by atoms with Crippen LogP contribution in [0.5, 0.6) is 5.75 Å². The topological polar surface area (TPSA) is 194 Å². The summed E-state index contributed by atoms with van der Waals surface area (Å²) < 4.78 is 15.6. The molecule has 0 bridgehead atoms. The molecular weight excluding hydrogens is 583 g/mol. The van der Waals surface area contributed by atoms with E-state index in [0.717, 1.165) is 0 Å². The SMILES string of the molecule is CN(C)c1c(F)c(NC(=O)CBr)c(O)c2c1CC1CC3[C@H](N(C)C)C(O)=C(C(N)=O)C(=O)[C@@]3(O)C(O)=C1C2=O. The Labute approximate surface area is 230 Å². The number of carbonyl (C=O) groups is 4. The highest BCUT2D eigenvalue weighted by Gasteiger charge is 2.63. The lowest BCUT2D eigenvalue weighted by Gasteiger charge is -2.50. The zero-order valence-corrected chi connectivity index (χ0v) is 23.1. The molecule has 1 aromatic carbocycles. The second-order valence-electron chi connectivity index (χ2n) is 10.3. The van der Waals surface area contributed by atoms with Crippen molar-refractivity contribution in [2.24, 2.45) is 17.6 Å². The summed E-state index contributed by atoms with van der Waals surface area (Å²) in [7, 11) is 6.06. The molecule has 0 saturated heterocycles. The Morgan fingerprint density at radius 3 is 2.31 bits per heavy atom. The average Bonchev–Trinajstić information content (AvgIpc) is 2.83. The number of phenols is 1. The zero-order chi connectivity index (χ0) is 29.3. The van der Waals surface area contributed by atoms with Gasteiger partial charge in [-0.15, -0.1) is 0 Å². The maximum atomic E-state index is 15.6. The van der Waals surface area contributed by atoms with Gasteiger partial charge in [-0.05, 0) is 38.4 Å². The van der Waals surface area contributed by atoms with Gasteiger partial charge in [-0.3, -0.25) is 24.1 Å². The van der Waals surface area contributed by atoms with Crippen LogP contribution < -0.4 is 16.0 Å². The normalized spacial score (nSPS) is 26.3. The smallest absolute Gasteiger partial charge is 0.255 e. The number of benzene rings is 1. The van der Waals surface area contributed by atoms with Crippen LogP contribution in [0.2, 0.25) is 0 Å². The number of nitrogens with one attached hydrogen (secondary N) is 1. The molecule has 3 aliphatic rings. The second-order valence-corrected chi connectivity index (χ2v) is 10.8. The number of fused-ring (bicyclic) bond motifs is 3. The van der Waals surface area contributed by atoms with Crippen LogP contribution in [0.4, 0.5) is 15.8 Å². The molecule has 0 saturated carbocycles. The molecule has 12 nitrogen and oxygen atoms in total. The highest BCUT2D eigenvalue weighted by Crippen LogP contribution is 2.54. The molecule has 0 spiro atoms. The van der Waals surface area contributed by atoms with Crippen molar-refractivity contribution in [2.45, 2.75) is 24.5 Å². The number of aliphatic hydroxyl groups is 3. The molecule has 4 atom stereocenters. The number of nitrogens with zero attached hydrogens (tertiary/aromatic N) is 2. The summed E-state index contributed by atoms with van der Waals surface area (Å²) in [5.74, 6) is -10.0. The molecule has 0 aromatic heterocycles. The van der Waals surface area contributed by atoms with Gasteiger partial charge in [0.2, 0.25) is 11.7 Å². The number of hydrogen-bond acceptors (Lipinski definition) is 10. The van der Waals surface area contributed by atoms with Crippen molar-refractivity contribution < 1.29 is 44.0 Å². The largest absolute Gasteiger partial charge is 0.510 e. The highest BCUT2D eigenvalue weighted by atomic mass is 79.9. The Kier molecular flexibility index (Phi) is 7.02. The molecule has 7 N–H and O–H groups in total. The molecule has 0 aliphatic heterocycles. The van der Waals surface area contributed by atoms with Gasteiger partial charge >= 0.3 is 0 Å². The first-order chi connectivity index (χ1) is 18.1. The number of phenolic OH excluding ortho intramolecular Hbond substituents is 1. The number of ketones is 2. The number of aliphatic hydroxyl groups excluding tert-OH is 2. The second kappa shape index (κ2) is 9.61. The van der Waals surface area contributed by atoms with E-state index in [0.29, 0.717) is 0 Å². The van der Waals surface area contributed by atoms with E-state index in [1.807, 2.05) is 0 Å². The fourth-order valence-corrected chi connectivity index (χ4v) is 6.23. The van der Waals surface area contributed by atoms with Gasteiger partial charge < -0.3 is 36.4 Å². The number of primary amides is 1. The van der Waals surface area contributed by atoms with Gasteiger partial charge in [0.15, 0.2) is 23.0 Å². The Balaban J connectivity index is 2.00. The summed E-state index contributed by atoms with van der Waals surface area (Å²) >= 11 is 2.94. The van der Waals surface area contributed by atoms with Crippen molar-refractivity contribution in [3.8, 4) is 5.75 Å². The summed E-state index contributed by atoms with van der Waals surface area (Å²) in [6.45, 7) is 0. The molecule has 2 unspecified atom stereocenters. The van der Waals surface area contributed by atoms with E-state index in [2.05, 4.69) is 21.2 Å². The Hall–Kier alpha value is -3.49. The van der Waals surface area contributed by atoms with Crippen molar-refractivity contribution in [2.75, 3.05) is 43.7 Å². The third kappa shape index (κ3) is 3.92. The molecule has 0 fully saturated rings. The summed E-state index contributed by atoms with van der Waals surface area (Å²) in [6, 6.07) is -1.14. The van der Waals surface area contributed by atoms with E-state index in [1.165, 1.54) is 38.0 Å². The third-order valence-corrected chi connectivity index (χ3v) is 8.15. The minimum atomic E-state index is -2.79. The summed E-state index contributed by atoms with van der Waals surface area (Å²) in [5.41, 5.74) is 0.189.